The Labute approximate surface area is 89.3 Å². The molecule has 84 valence electrons. The Morgan fingerprint density at radius 3 is 2.43 bits per heavy atom. The van der Waals surface area contributed by atoms with E-state index in [-0.39, 0.29) is 0 Å². The van der Waals surface area contributed by atoms with Gasteiger partial charge in [0, 0.05) is 32.2 Å². The van der Waals surface area contributed by atoms with Crippen molar-refractivity contribution < 1.29 is 0 Å². The summed E-state index contributed by atoms with van der Waals surface area (Å²) in [4.78, 5) is 5.16. The second-order valence-electron chi connectivity index (χ2n) is 4.59. The standard InChI is InChI=1S/C10H20N2.C2H6/c1-9-3-4-10-8-11(2)5-6-12(10)7-9;1-2/h9-10H,3-8H2,1-2H3;1-2H3/t9-,10-;/m0./s1. The van der Waals surface area contributed by atoms with Gasteiger partial charge in [0.05, 0.1) is 0 Å². The third-order valence-corrected chi connectivity index (χ3v) is 3.35. The second kappa shape index (κ2) is 5.72. The van der Waals surface area contributed by atoms with Crippen LogP contribution >= 0.6 is 0 Å². The van der Waals surface area contributed by atoms with Gasteiger partial charge in [-0.15, -0.1) is 0 Å². The van der Waals surface area contributed by atoms with Gasteiger partial charge in [-0.05, 0) is 25.8 Å². The van der Waals surface area contributed by atoms with Gasteiger partial charge in [-0.25, -0.2) is 0 Å². The van der Waals surface area contributed by atoms with Crippen LogP contribution in [0.4, 0.5) is 0 Å². The average Bonchev–Trinajstić information content (AvgIpc) is 2.21. The lowest BCUT2D eigenvalue weighted by atomic mass is 9.93. The van der Waals surface area contributed by atoms with Gasteiger partial charge in [0.25, 0.3) is 0 Å². The van der Waals surface area contributed by atoms with Crippen molar-refractivity contribution in [1.29, 1.82) is 0 Å². The molecule has 0 spiro atoms. The maximum atomic E-state index is 2.69. The van der Waals surface area contributed by atoms with Crippen LogP contribution in [-0.4, -0.2) is 49.1 Å². The third-order valence-electron chi connectivity index (χ3n) is 3.35. The van der Waals surface area contributed by atoms with Gasteiger partial charge in [0.2, 0.25) is 0 Å². The summed E-state index contributed by atoms with van der Waals surface area (Å²) in [6.45, 7) is 11.6. The van der Waals surface area contributed by atoms with Gasteiger partial charge in [-0.2, -0.15) is 0 Å². The summed E-state index contributed by atoms with van der Waals surface area (Å²) in [5.74, 6) is 0.935. The zero-order valence-electron chi connectivity index (χ0n) is 10.3. The fraction of sp³-hybridized carbons (Fsp3) is 1.00. The molecule has 2 saturated heterocycles. The minimum absolute atomic E-state index is 0.875. The molecule has 0 aromatic rings. The topological polar surface area (TPSA) is 6.48 Å². The molecule has 2 nitrogen and oxygen atoms in total. The van der Waals surface area contributed by atoms with Crippen molar-refractivity contribution in [2.45, 2.75) is 39.7 Å². The molecule has 2 heterocycles. The highest BCUT2D eigenvalue weighted by Crippen LogP contribution is 2.23. The average molecular weight is 198 g/mol. The zero-order valence-corrected chi connectivity index (χ0v) is 10.3. The Balaban J connectivity index is 0.000000461. The molecule has 0 bridgehead atoms. The molecule has 2 fully saturated rings. The first-order valence-corrected chi connectivity index (χ1v) is 6.18. The van der Waals surface area contributed by atoms with Crippen LogP contribution in [0, 0.1) is 5.92 Å². The van der Waals surface area contributed by atoms with E-state index in [1.54, 1.807) is 0 Å². The number of rotatable bonds is 0. The van der Waals surface area contributed by atoms with Gasteiger partial charge in [-0.3, -0.25) is 4.90 Å². The Kier molecular flexibility index (Phi) is 4.90. The fourth-order valence-electron chi connectivity index (χ4n) is 2.53. The van der Waals surface area contributed by atoms with Crippen molar-refractivity contribution in [3.05, 3.63) is 0 Å². The van der Waals surface area contributed by atoms with Crippen molar-refractivity contribution in [2.75, 3.05) is 33.2 Å². The summed E-state index contributed by atoms with van der Waals surface area (Å²) >= 11 is 0. The highest BCUT2D eigenvalue weighted by atomic mass is 15.3. The molecule has 0 aromatic heterocycles. The first-order chi connectivity index (χ1) is 6.75. The minimum Gasteiger partial charge on any atom is -0.304 e. The predicted octanol–water partition coefficient (Wildman–Crippen LogP) is 2.06. The van der Waals surface area contributed by atoms with Gasteiger partial charge in [0.15, 0.2) is 0 Å². The van der Waals surface area contributed by atoms with E-state index in [2.05, 4.69) is 23.8 Å². The second-order valence-corrected chi connectivity index (χ2v) is 4.59. The number of hydrogen-bond acceptors (Lipinski definition) is 2. The van der Waals surface area contributed by atoms with Crippen LogP contribution < -0.4 is 0 Å². The molecule has 2 heteroatoms. The maximum absolute atomic E-state index is 2.69. The van der Waals surface area contributed by atoms with E-state index in [9.17, 15) is 0 Å². The Morgan fingerprint density at radius 2 is 1.71 bits per heavy atom. The van der Waals surface area contributed by atoms with Crippen LogP contribution in [0.1, 0.15) is 33.6 Å². The van der Waals surface area contributed by atoms with Gasteiger partial charge in [-0.1, -0.05) is 20.8 Å². The van der Waals surface area contributed by atoms with Crippen molar-refractivity contribution in [1.82, 2.24) is 9.80 Å². The summed E-state index contributed by atoms with van der Waals surface area (Å²) in [6, 6.07) is 0.875. The molecule has 0 aromatic carbocycles. The molecule has 2 atom stereocenters. The van der Waals surface area contributed by atoms with Crippen molar-refractivity contribution >= 4 is 0 Å². The van der Waals surface area contributed by atoms with E-state index < -0.39 is 0 Å². The SMILES string of the molecule is CC.C[C@H]1CC[C@H]2CN(C)CCN2C1. The minimum atomic E-state index is 0.875. The summed E-state index contributed by atoms with van der Waals surface area (Å²) in [7, 11) is 2.25. The van der Waals surface area contributed by atoms with Crippen LogP contribution in [0.15, 0.2) is 0 Å². The van der Waals surface area contributed by atoms with Gasteiger partial charge < -0.3 is 4.90 Å². The first-order valence-electron chi connectivity index (χ1n) is 6.18. The van der Waals surface area contributed by atoms with Crippen molar-refractivity contribution in [3.8, 4) is 0 Å². The summed E-state index contributed by atoms with van der Waals surface area (Å²) in [6.07, 6.45) is 2.86. The number of hydrogen-bond donors (Lipinski definition) is 0. The summed E-state index contributed by atoms with van der Waals surface area (Å²) in [5.41, 5.74) is 0. The normalized spacial score (nSPS) is 34.3. The third kappa shape index (κ3) is 2.96. The maximum Gasteiger partial charge on any atom is 0.0223 e. The molecule has 0 saturated carbocycles. The van der Waals surface area contributed by atoms with E-state index in [0.29, 0.717) is 0 Å². The Morgan fingerprint density at radius 1 is 1.00 bits per heavy atom. The predicted molar refractivity (Wildman–Crippen MR) is 62.6 cm³/mol. The number of piperazine rings is 1. The molecule has 2 aliphatic heterocycles. The van der Waals surface area contributed by atoms with Crippen LogP contribution in [-0.2, 0) is 0 Å². The Hall–Kier alpha value is -0.0800. The lowest BCUT2D eigenvalue weighted by Crippen LogP contribution is -2.55. The quantitative estimate of drug-likeness (QED) is 0.588. The van der Waals surface area contributed by atoms with Crippen LogP contribution in [0.25, 0.3) is 0 Å². The molecule has 0 amide bonds. The van der Waals surface area contributed by atoms with Crippen LogP contribution in [0.5, 0.6) is 0 Å². The van der Waals surface area contributed by atoms with E-state index in [0.717, 1.165) is 12.0 Å². The van der Waals surface area contributed by atoms with Crippen molar-refractivity contribution in [3.63, 3.8) is 0 Å². The molecule has 2 rings (SSSR count). The fourth-order valence-corrected chi connectivity index (χ4v) is 2.53. The molecule has 0 unspecified atom stereocenters. The van der Waals surface area contributed by atoms with Gasteiger partial charge in [0.1, 0.15) is 0 Å². The highest BCUT2D eigenvalue weighted by Gasteiger charge is 2.29. The molecular weight excluding hydrogens is 172 g/mol. The van der Waals surface area contributed by atoms with E-state index in [1.807, 2.05) is 13.8 Å². The first kappa shape index (κ1) is 12.0. The summed E-state index contributed by atoms with van der Waals surface area (Å²) < 4.78 is 0. The van der Waals surface area contributed by atoms with Crippen LogP contribution in [0.3, 0.4) is 0 Å². The number of piperidine rings is 1. The van der Waals surface area contributed by atoms with E-state index >= 15 is 0 Å². The zero-order chi connectivity index (χ0) is 10.6. The molecule has 0 N–H and O–H groups in total. The van der Waals surface area contributed by atoms with Crippen molar-refractivity contribution in [2.24, 2.45) is 5.92 Å². The smallest absolute Gasteiger partial charge is 0.0223 e. The number of likely N-dealkylation sites (N-methyl/N-ethyl adjacent to an activating group) is 1. The lowest BCUT2D eigenvalue weighted by Gasteiger charge is -2.44. The molecule has 2 aliphatic rings. The van der Waals surface area contributed by atoms with E-state index in [1.165, 1.54) is 39.0 Å². The molecule has 0 aliphatic carbocycles. The highest BCUT2D eigenvalue weighted by molar-refractivity contribution is 4.85. The molecule has 14 heavy (non-hydrogen) atoms. The number of fused-ring (bicyclic) bond motifs is 1. The molecular formula is C12H26N2. The van der Waals surface area contributed by atoms with E-state index in [4.69, 9.17) is 0 Å². The largest absolute Gasteiger partial charge is 0.304 e. The lowest BCUT2D eigenvalue weighted by molar-refractivity contribution is 0.0424. The Bertz CT molecular complexity index is 140. The van der Waals surface area contributed by atoms with Crippen LogP contribution in [0.2, 0.25) is 0 Å². The number of nitrogens with zero attached hydrogens (tertiary/aromatic N) is 2. The van der Waals surface area contributed by atoms with Gasteiger partial charge >= 0.3 is 0 Å². The molecule has 0 radical (unpaired) electrons. The summed E-state index contributed by atoms with van der Waals surface area (Å²) in [5, 5.41) is 0. The monoisotopic (exact) mass is 198 g/mol.